The zero-order valence-corrected chi connectivity index (χ0v) is 17.3. The van der Waals surface area contributed by atoms with Gasteiger partial charge in [0.25, 0.3) is 0 Å². The molecule has 0 N–H and O–H groups in total. The summed E-state index contributed by atoms with van der Waals surface area (Å²) in [7, 11) is 1.58. The fourth-order valence-electron chi connectivity index (χ4n) is 2.83. The minimum absolute atomic E-state index is 0.279. The van der Waals surface area contributed by atoms with E-state index in [0.717, 1.165) is 16.9 Å². The molecule has 8 heteroatoms. The van der Waals surface area contributed by atoms with Gasteiger partial charge in [0.2, 0.25) is 0 Å². The SMILES string of the molecule is COc1ccc(-c2cc(OC(=O)COc3ccc(Cl)cc3)cc3sc(=O)oc23)cc1. The van der Waals surface area contributed by atoms with E-state index in [1.807, 2.05) is 12.1 Å². The second kappa shape index (κ2) is 8.61. The molecular formula is C22H15ClO6S. The number of hydrogen-bond acceptors (Lipinski definition) is 7. The van der Waals surface area contributed by atoms with Crippen molar-refractivity contribution in [3.63, 3.8) is 0 Å². The van der Waals surface area contributed by atoms with Crippen LogP contribution < -0.4 is 19.1 Å². The van der Waals surface area contributed by atoms with Crippen molar-refractivity contribution in [2.24, 2.45) is 0 Å². The fraction of sp³-hybridized carbons (Fsp3) is 0.0909. The van der Waals surface area contributed by atoms with Gasteiger partial charge in [-0.25, -0.2) is 9.59 Å². The number of esters is 1. The molecule has 30 heavy (non-hydrogen) atoms. The second-order valence-electron chi connectivity index (χ2n) is 6.20. The summed E-state index contributed by atoms with van der Waals surface area (Å²) in [6.45, 7) is -0.279. The molecule has 0 radical (unpaired) electrons. The van der Waals surface area contributed by atoms with Crippen molar-refractivity contribution in [3.8, 4) is 28.4 Å². The molecule has 3 aromatic carbocycles. The Labute approximate surface area is 180 Å². The van der Waals surface area contributed by atoms with Crippen LogP contribution in [-0.2, 0) is 4.79 Å². The lowest BCUT2D eigenvalue weighted by molar-refractivity contribution is -0.136. The van der Waals surface area contributed by atoms with E-state index in [2.05, 4.69) is 0 Å². The van der Waals surface area contributed by atoms with Crippen molar-refractivity contribution in [1.82, 2.24) is 0 Å². The van der Waals surface area contributed by atoms with Crippen LogP contribution in [0.5, 0.6) is 17.2 Å². The molecule has 0 aliphatic carbocycles. The van der Waals surface area contributed by atoms with Gasteiger partial charge in [-0.1, -0.05) is 35.1 Å². The van der Waals surface area contributed by atoms with Crippen LogP contribution in [0.1, 0.15) is 0 Å². The molecule has 0 saturated carbocycles. The fourth-order valence-corrected chi connectivity index (χ4v) is 3.68. The van der Waals surface area contributed by atoms with Gasteiger partial charge in [-0.05, 0) is 48.0 Å². The van der Waals surface area contributed by atoms with Gasteiger partial charge < -0.3 is 18.6 Å². The first-order chi connectivity index (χ1) is 14.5. The molecule has 0 fully saturated rings. The molecule has 0 amide bonds. The van der Waals surface area contributed by atoms with Gasteiger partial charge in [0.15, 0.2) is 12.2 Å². The summed E-state index contributed by atoms with van der Waals surface area (Å²) in [5.74, 6) is 0.901. The molecule has 1 heterocycles. The minimum atomic E-state index is -0.583. The Morgan fingerprint density at radius 3 is 2.40 bits per heavy atom. The van der Waals surface area contributed by atoms with Crippen molar-refractivity contribution in [1.29, 1.82) is 0 Å². The van der Waals surface area contributed by atoms with Gasteiger partial charge in [0, 0.05) is 16.7 Å². The lowest BCUT2D eigenvalue weighted by Gasteiger charge is -2.09. The van der Waals surface area contributed by atoms with Crippen molar-refractivity contribution in [3.05, 3.63) is 75.4 Å². The molecule has 1 aromatic heterocycles. The number of ether oxygens (including phenoxy) is 3. The van der Waals surface area contributed by atoms with Crippen LogP contribution in [0.2, 0.25) is 5.02 Å². The highest BCUT2D eigenvalue weighted by Gasteiger charge is 2.15. The number of carbonyl (C=O) groups is 1. The molecule has 4 aromatic rings. The van der Waals surface area contributed by atoms with Gasteiger partial charge in [-0.3, -0.25) is 0 Å². The quantitative estimate of drug-likeness (QED) is 0.303. The highest BCUT2D eigenvalue weighted by atomic mass is 35.5. The van der Waals surface area contributed by atoms with E-state index in [4.69, 9.17) is 30.2 Å². The van der Waals surface area contributed by atoms with Crippen LogP contribution >= 0.6 is 22.9 Å². The van der Waals surface area contributed by atoms with Crippen LogP contribution in [0.3, 0.4) is 0 Å². The van der Waals surface area contributed by atoms with Gasteiger partial charge in [-0.2, -0.15) is 0 Å². The van der Waals surface area contributed by atoms with Gasteiger partial charge >= 0.3 is 10.9 Å². The first-order valence-corrected chi connectivity index (χ1v) is 10.0. The summed E-state index contributed by atoms with van der Waals surface area (Å²) < 4.78 is 21.9. The summed E-state index contributed by atoms with van der Waals surface area (Å²) >= 11 is 6.77. The van der Waals surface area contributed by atoms with E-state index < -0.39 is 10.9 Å². The first-order valence-electron chi connectivity index (χ1n) is 8.83. The molecule has 152 valence electrons. The van der Waals surface area contributed by atoms with E-state index >= 15 is 0 Å². The third-order valence-corrected chi connectivity index (χ3v) is 5.24. The molecule has 0 saturated heterocycles. The van der Waals surface area contributed by atoms with Crippen LogP contribution in [0.15, 0.2) is 69.9 Å². The third-order valence-electron chi connectivity index (χ3n) is 4.21. The molecule has 4 rings (SSSR count). The first kappa shape index (κ1) is 20.0. The number of carbonyl (C=O) groups excluding carboxylic acids is 1. The molecule has 0 aliphatic heterocycles. The summed E-state index contributed by atoms with van der Waals surface area (Å²) in [6, 6.07) is 17.2. The van der Waals surface area contributed by atoms with Crippen LogP contribution in [-0.4, -0.2) is 19.7 Å². The lowest BCUT2D eigenvalue weighted by Crippen LogP contribution is -2.17. The molecule has 0 unspecified atom stereocenters. The summed E-state index contributed by atoms with van der Waals surface area (Å²) in [6.07, 6.45) is 0. The summed E-state index contributed by atoms with van der Waals surface area (Å²) in [5, 5.41) is 0.573. The van der Waals surface area contributed by atoms with E-state index in [-0.39, 0.29) is 12.4 Å². The highest BCUT2D eigenvalue weighted by molar-refractivity contribution is 7.16. The summed E-state index contributed by atoms with van der Waals surface area (Å²) in [5.41, 5.74) is 1.86. The molecule has 6 nitrogen and oxygen atoms in total. The minimum Gasteiger partial charge on any atom is -0.497 e. The Bertz CT molecular complexity index is 1240. The zero-order valence-electron chi connectivity index (χ0n) is 15.7. The Balaban J connectivity index is 1.58. The maximum absolute atomic E-state index is 12.3. The van der Waals surface area contributed by atoms with E-state index in [0.29, 0.717) is 32.4 Å². The van der Waals surface area contributed by atoms with Crippen LogP contribution in [0.4, 0.5) is 0 Å². The Hall–Kier alpha value is -3.29. The molecule has 0 aliphatic rings. The number of benzene rings is 3. The Kier molecular flexibility index (Phi) is 5.74. The number of methoxy groups -OCH3 is 1. The number of hydrogen-bond donors (Lipinski definition) is 0. The predicted molar refractivity (Wildman–Crippen MR) is 115 cm³/mol. The number of rotatable bonds is 6. The van der Waals surface area contributed by atoms with Crippen molar-refractivity contribution >= 4 is 39.2 Å². The maximum Gasteiger partial charge on any atom is 0.396 e. The predicted octanol–water partition coefficient (Wildman–Crippen LogP) is 5.17. The average Bonchev–Trinajstić information content (AvgIpc) is 3.13. The number of halogens is 1. The molecule has 0 bridgehead atoms. The Morgan fingerprint density at radius 1 is 1.00 bits per heavy atom. The van der Waals surface area contributed by atoms with E-state index in [9.17, 15) is 9.59 Å². The molecular weight excluding hydrogens is 428 g/mol. The molecule has 0 spiro atoms. The highest BCUT2D eigenvalue weighted by Crippen LogP contribution is 2.35. The summed E-state index contributed by atoms with van der Waals surface area (Å²) in [4.78, 5) is 23.6. The zero-order chi connectivity index (χ0) is 21.1. The maximum atomic E-state index is 12.3. The van der Waals surface area contributed by atoms with Crippen LogP contribution in [0.25, 0.3) is 21.4 Å². The Morgan fingerprint density at radius 2 is 1.70 bits per heavy atom. The van der Waals surface area contributed by atoms with Crippen molar-refractivity contribution in [2.45, 2.75) is 0 Å². The standard InChI is InChI=1S/C22H15ClO6S/c1-26-15-6-2-13(3-7-15)18-10-17(11-19-21(18)29-22(25)30-19)28-20(24)12-27-16-8-4-14(23)5-9-16/h2-11H,12H2,1H3. The smallest absolute Gasteiger partial charge is 0.396 e. The van der Waals surface area contributed by atoms with E-state index in [1.54, 1.807) is 55.6 Å². The monoisotopic (exact) mass is 442 g/mol. The van der Waals surface area contributed by atoms with Crippen molar-refractivity contribution < 1.29 is 23.4 Å². The second-order valence-corrected chi connectivity index (χ2v) is 7.61. The van der Waals surface area contributed by atoms with Gasteiger partial charge in [0.05, 0.1) is 11.8 Å². The van der Waals surface area contributed by atoms with Crippen molar-refractivity contribution in [2.75, 3.05) is 13.7 Å². The normalized spacial score (nSPS) is 10.7. The molecule has 0 atom stereocenters. The van der Waals surface area contributed by atoms with E-state index in [1.165, 1.54) is 0 Å². The van der Waals surface area contributed by atoms with Gasteiger partial charge in [0.1, 0.15) is 17.2 Å². The van der Waals surface area contributed by atoms with Gasteiger partial charge in [-0.15, -0.1) is 0 Å². The lowest BCUT2D eigenvalue weighted by atomic mass is 10.0. The van der Waals surface area contributed by atoms with Crippen LogP contribution in [0, 0.1) is 0 Å². The topological polar surface area (TPSA) is 75.0 Å². The number of fused-ring (bicyclic) bond motifs is 1. The third kappa shape index (κ3) is 4.48. The average molecular weight is 443 g/mol. The largest absolute Gasteiger partial charge is 0.497 e.